The number of carbonyl (C=O) groups excluding carboxylic acids is 1. The minimum Gasteiger partial charge on any atom is -0.481 e. The number of amides is 1. The molecule has 0 aromatic rings. The average molecular weight is 242 g/mol. The van der Waals surface area contributed by atoms with E-state index < -0.39 is 5.97 Å². The topological polar surface area (TPSA) is 92.4 Å². The zero-order valence-electron chi connectivity index (χ0n) is 10.5. The minimum atomic E-state index is -0.893. The summed E-state index contributed by atoms with van der Waals surface area (Å²) in [6.07, 6.45) is 2.48. The van der Waals surface area contributed by atoms with Gasteiger partial charge in [-0.2, -0.15) is 0 Å². The highest BCUT2D eigenvalue weighted by Gasteiger charge is 2.30. The van der Waals surface area contributed by atoms with E-state index in [0.29, 0.717) is 12.3 Å². The molecule has 0 aromatic heterocycles. The number of carboxylic acid groups (broad SMARTS) is 1. The Morgan fingerprint density at radius 3 is 2.35 bits per heavy atom. The predicted octanol–water partition coefficient (Wildman–Crippen LogP) is 0.729. The van der Waals surface area contributed by atoms with Gasteiger partial charge in [-0.05, 0) is 24.7 Å². The predicted molar refractivity (Wildman–Crippen MR) is 64.3 cm³/mol. The van der Waals surface area contributed by atoms with Gasteiger partial charge in [0.1, 0.15) is 0 Å². The Bertz CT molecular complexity index is 287. The maximum Gasteiger partial charge on any atom is 0.305 e. The highest BCUT2D eigenvalue weighted by atomic mass is 16.4. The van der Waals surface area contributed by atoms with E-state index in [1.54, 1.807) is 0 Å². The summed E-state index contributed by atoms with van der Waals surface area (Å²) in [4.78, 5) is 22.4. The second kappa shape index (κ2) is 6.00. The summed E-state index contributed by atoms with van der Waals surface area (Å²) in [5, 5.41) is 11.5. The first-order valence-corrected chi connectivity index (χ1v) is 6.17. The van der Waals surface area contributed by atoms with Crippen molar-refractivity contribution in [3.05, 3.63) is 0 Å². The molecule has 1 rings (SSSR count). The molecule has 1 amide bonds. The zero-order valence-corrected chi connectivity index (χ0v) is 10.5. The van der Waals surface area contributed by atoms with Crippen molar-refractivity contribution in [2.45, 2.75) is 51.6 Å². The summed E-state index contributed by atoms with van der Waals surface area (Å²) in [5.41, 5.74) is 5.86. The molecule has 0 radical (unpaired) electrons. The van der Waals surface area contributed by atoms with Crippen molar-refractivity contribution in [1.82, 2.24) is 5.32 Å². The van der Waals surface area contributed by atoms with E-state index in [4.69, 9.17) is 10.8 Å². The van der Waals surface area contributed by atoms with Crippen LogP contribution in [0.2, 0.25) is 0 Å². The molecular weight excluding hydrogens is 220 g/mol. The van der Waals surface area contributed by atoms with Crippen LogP contribution in [0.25, 0.3) is 0 Å². The fourth-order valence-corrected chi connectivity index (χ4v) is 1.81. The maximum atomic E-state index is 11.7. The van der Waals surface area contributed by atoms with Crippen molar-refractivity contribution in [3.8, 4) is 0 Å². The first-order chi connectivity index (χ1) is 7.90. The second-order valence-corrected chi connectivity index (χ2v) is 5.22. The van der Waals surface area contributed by atoms with Gasteiger partial charge in [0, 0.05) is 18.5 Å². The molecule has 1 fully saturated rings. The van der Waals surface area contributed by atoms with E-state index in [1.807, 2.05) is 13.8 Å². The van der Waals surface area contributed by atoms with Gasteiger partial charge in [0.25, 0.3) is 0 Å². The molecule has 1 aliphatic carbocycles. The maximum absolute atomic E-state index is 11.7. The fourth-order valence-electron chi connectivity index (χ4n) is 1.81. The number of nitrogens with two attached hydrogens (primary N) is 1. The monoisotopic (exact) mass is 242 g/mol. The van der Waals surface area contributed by atoms with Crippen LogP contribution < -0.4 is 11.1 Å². The summed E-state index contributed by atoms with van der Waals surface area (Å²) in [6, 6.07) is -0.390. The van der Waals surface area contributed by atoms with E-state index >= 15 is 0 Å². The van der Waals surface area contributed by atoms with Gasteiger partial charge in [-0.15, -0.1) is 0 Å². The normalized spacial score (nSPS) is 18.8. The molecule has 0 aliphatic heterocycles. The van der Waals surface area contributed by atoms with Crippen molar-refractivity contribution < 1.29 is 14.7 Å². The van der Waals surface area contributed by atoms with Crippen LogP contribution in [-0.4, -0.2) is 29.1 Å². The SMILES string of the molecule is CC(C)C(CC(=O)O)NC(=O)CC(N)C1CC1. The summed E-state index contributed by atoms with van der Waals surface area (Å²) in [6.45, 7) is 3.80. The lowest BCUT2D eigenvalue weighted by Gasteiger charge is -2.21. The molecule has 0 spiro atoms. The van der Waals surface area contributed by atoms with Gasteiger partial charge in [-0.25, -0.2) is 0 Å². The Labute approximate surface area is 102 Å². The van der Waals surface area contributed by atoms with Crippen LogP contribution in [0, 0.1) is 11.8 Å². The Kier molecular flexibility index (Phi) is 4.93. The van der Waals surface area contributed by atoms with Crippen molar-refractivity contribution in [2.24, 2.45) is 17.6 Å². The van der Waals surface area contributed by atoms with Crippen LogP contribution in [0.15, 0.2) is 0 Å². The third-order valence-electron chi connectivity index (χ3n) is 3.19. The Morgan fingerprint density at radius 1 is 1.35 bits per heavy atom. The van der Waals surface area contributed by atoms with Gasteiger partial charge in [-0.3, -0.25) is 9.59 Å². The Balaban J connectivity index is 2.37. The molecule has 0 bridgehead atoms. The highest BCUT2D eigenvalue weighted by molar-refractivity contribution is 5.78. The van der Waals surface area contributed by atoms with E-state index in [1.165, 1.54) is 0 Å². The second-order valence-electron chi connectivity index (χ2n) is 5.22. The third kappa shape index (κ3) is 5.17. The molecule has 17 heavy (non-hydrogen) atoms. The number of hydrogen-bond acceptors (Lipinski definition) is 3. The van der Waals surface area contributed by atoms with Crippen molar-refractivity contribution in [1.29, 1.82) is 0 Å². The summed E-state index contributed by atoms with van der Waals surface area (Å²) in [7, 11) is 0. The molecule has 1 saturated carbocycles. The molecule has 0 aromatic carbocycles. The molecule has 98 valence electrons. The van der Waals surface area contributed by atoms with Crippen molar-refractivity contribution in [3.63, 3.8) is 0 Å². The number of carboxylic acids is 1. The fraction of sp³-hybridized carbons (Fsp3) is 0.833. The number of hydrogen-bond donors (Lipinski definition) is 3. The third-order valence-corrected chi connectivity index (χ3v) is 3.19. The first kappa shape index (κ1) is 14.0. The van der Waals surface area contributed by atoms with Gasteiger partial charge in [0.15, 0.2) is 0 Å². The standard InChI is InChI=1S/C12H22N2O3/c1-7(2)10(6-12(16)17)14-11(15)5-9(13)8-3-4-8/h7-10H,3-6,13H2,1-2H3,(H,14,15)(H,16,17). The smallest absolute Gasteiger partial charge is 0.305 e. The molecule has 0 heterocycles. The highest BCUT2D eigenvalue weighted by Crippen LogP contribution is 2.32. The van der Waals surface area contributed by atoms with E-state index in [2.05, 4.69) is 5.32 Å². The van der Waals surface area contributed by atoms with E-state index in [-0.39, 0.29) is 30.3 Å². The van der Waals surface area contributed by atoms with Crippen LogP contribution in [0.4, 0.5) is 0 Å². The molecule has 0 saturated heterocycles. The van der Waals surface area contributed by atoms with E-state index in [0.717, 1.165) is 12.8 Å². The summed E-state index contributed by atoms with van der Waals surface area (Å²) in [5.74, 6) is -0.440. The lowest BCUT2D eigenvalue weighted by molar-refractivity contribution is -0.138. The number of aliphatic carboxylic acids is 1. The molecule has 2 unspecified atom stereocenters. The summed E-state index contributed by atoms with van der Waals surface area (Å²) < 4.78 is 0. The van der Waals surface area contributed by atoms with Gasteiger partial charge < -0.3 is 16.2 Å². The quantitative estimate of drug-likeness (QED) is 0.613. The molecule has 5 heteroatoms. The summed E-state index contributed by atoms with van der Waals surface area (Å²) >= 11 is 0. The molecule has 5 nitrogen and oxygen atoms in total. The Morgan fingerprint density at radius 2 is 1.94 bits per heavy atom. The van der Waals surface area contributed by atoms with Crippen molar-refractivity contribution >= 4 is 11.9 Å². The lowest BCUT2D eigenvalue weighted by atomic mass is 10.0. The molecular formula is C12H22N2O3. The van der Waals surface area contributed by atoms with Crippen LogP contribution in [0.3, 0.4) is 0 Å². The number of carbonyl (C=O) groups is 2. The largest absolute Gasteiger partial charge is 0.481 e. The van der Waals surface area contributed by atoms with Gasteiger partial charge >= 0.3 is 5.97 Å². The Hall–Kier alpha value is -1.10. The van der Waals surface area contributed by atoms with E-state index in [9.17, 15) is 9.59 Å². The van der Waals surface area contributed by atoms with Crippen LogP contribution in [0.1, 0.15) is 39.5 Å². The van der Waals surface area contributed by atoms with Crippen LogP contribution in [0.5, 0.6) is 0 Å². The molecule has 4 N–H and O–H groups in total. The van der Waals surface area contributed by atoms with Gasteiger partial charge in [0.05, 0.1) is 6.42 Å². The minimum absolute atomic E-state index is 0.0396. The first-order valence-electron chi connectivity index (χ1n) is 6.17. The average Bonchev–Trinajstić information content (AvgIpc) is 2.98. The van der Waals surface area contributed by atoms with Crippen LogP contribution >= 0.6 is 0 Å². The van der Waals surface area contributed by atoms with Gasteiger partial charge in [-0.1, -0.05) is 13.8 Å². The lowest BCUT2D eigenvalue weighted by Crippen LogP contribution is -2.42. The number of rotatable bonds is 7. The molecule has 1 aliphatic rings. The molecule has 2 atom stereocenters. The van der Waals surface area contributed by atoms with Crippen molar-refractivity contribution in [2.75, 3.05) is 0 Å². The van der Waals surface area contributed by atoms with Gasteiger partial charge in [0.2, 0.25) is 5.91 Å². The zero-order chi connectivity index (χ0) is 13.0. The number of nitrogens with one attached hydrogen (secondary N) is 1. The van der Waals surface area contributed by atoms with Crippen LogP contribution in [-0.2, 0) is 9.59 Å².